The van der Waals surface area contributed by atoms with Crippen molar-refractivity contribution >= 4 is 10.0 Å². The van der Waals surface area contributed by atoms with Gasteiger partial charge in [0.05, 0.1) is 11.4 Å². The molecule has 1 fully saturated rings. The molecule has 1 rings (SSSR count). The lowest BCUT2D eigenvalue weighted by Crippen LogP contribution is -2.45. The first-order chi connectivity index (χ1) is 7.31. The summed E-state index contributed by atoms with van der Waals surface area (Å²) in [7, 11) is -3.40. The maximum atomic E-state index is 10.7. The van der Waals surface area contributed by atoms with Crippen LogP contribution in [0.3, 0.4) is 0 Å². The summed E-state index contributed by atoms with van der Waals surface area (Å²) in [5, 5.41) is 18.1. The van der Waals surface area contributed by atoms with E-state index in [1.165, 1.54) is 6.42 Å². The maximum Gasteiger partial charge on any atom is 0.210 e. The Bertz CT molecular complexity index is 318. The molecule has 0 aromatic rings. The monoisotopic (exact) mass is 250 g/mol. The summed E-state index contributed by atoms with van der Waals surface area (Å²) in [6, 6.07) is 0. The van der Waals surface area contributed by atoms with Gasteiger partial charge in [0.15, 0.2) is 0 Å². The Balaban J connectivity index is 2.26. The quantitative estimate of drug-likeness (QED) is 0.589. The molecule has 1 saturated carbocycles. The van der Waals surface area contributed by atoms with Crippen LogP contribution in [-0.2, 0) is 10.0 Å². The lowest BCUT2D eigenvalue weighted by Gasteiger charge is -2.35. The van der Waals surface area contributed by atoms with Gasteiger partial charge in [-0.1, -0.05) is 19.8 Å². The molecule has 2 unspecified atom stereocenters. The Morgan fingerprint density at radius 3 is 2.81 bits per heavy atom. The highest BCUT2D eigenvalue weighted by Gasteiger charge is 2.31. The van der Waals surface area contributed by atoms with Crippen LogP contribution >= 0.6 is 0 Å². The van der Waals surface area contributed by atoms with E-state index in [9.17, 15) is 13.5 Å². The molecule has 0 heterocycles. The van der Waals surface area contributed by atoms with Crippen molar-refractivity contribution in [1.29, 1.82) is 0 Å². The second-order valence-corrected chi connectivity index (χ2v) is 6.70. The van der Waals surface area contributed by atoms with Crippen molar-refractivity contribution < 1.29 is 13.5 Å². The summed E-state index contributed by atoms with van der Waals surface area (Å²) >= 11 is 0. The summed E-state index contributed by atoms with van der Waals surface area (Å²) in [5.41, 5.74) is -0.671. The van der Waals surface area contributed by atoms with Crippen LogP contribution in [0.25, 0.3) is 0 Å². The van der Waals surface area contributed by atoms with Crippen molar-refractivity contribution in [3.63, 3.8) is 0 Å². The Hall–Kier alpha value is -0.170. The van der Waals surface area contributed by atoms with E-state index in [0.29, 0.717) is 19.0 Å². The summed E-state index contributed by atoms with van der Waals surface area (Å²) in [6.07, 6.45) is 3.78. The molecule has 16 heavy (non-hydrogen) atoms. The Morgan fingerprint density at radius 1 is 1.56 bits per heavy atom. The van der Waals surface area contributed by atoms with Gasteiger partial charge in [-0.15, -0.1) is 0 Å². The highest BCUT2D eigenvalue weighted by Crippen LogP contribution is 2.31. The maximum absolute atomic E-state index is 10.7. The van der Waals surface area contributed by atoms with Crippen LogP contribution < -0.4 is 10.5 Å². The first-order valence-corrected chi connectivity index (χ1v) is 7.46. The van der Waals surface area contributed by atoms with Gasteiger partial charge in [0.1, 0.15) is 0 Å². The zero-order chi connectivity index (χ0) is 12.2. The molecule has 96 valence electrons. The number of sulfonamides is 1. The van der Waals surface area contributed by atoms with Crippen molar-refractivity contribution in [3.05, 3.63) is 0 Å². The number of nitrogens with one attached hydrogen (secondary N) is 1. The van der Waals surface area contributed by atoms with Crippen LogP contribution in [0.5, 0.6) is 0 Å². The molecule has 6 heteroatoms. The first kappa shape index (κ1) is 13.9. The minimum atomic E-state index is -3.40. The molecule has 4 N–H and O–H groups in total. The molecular formula is C10H22N2O3S. The van der Waals surface area contributed by atoms with E-state index in [4.69, 9.17) is 5.14 Å². The fourth-order valence-electron chi connectivity index (χ4n) is 2.33. The number of hydrogen-bond acceptors (Lipinski definition) is 4. The molecule has 2 atom stereocenters. The number of primary sulfonamides is 1. The normalized spacial score (nSPS) is 31.6. The number of nitrogens with two attached hydrogens (primary N) is 1. The molecule has 0 saturated heterocycles. The molecule has 0 aliphatic heterocycles. The van der Waals surface area contributed by atoms with Crippen molar-refractivity contribution in [1.82, 2.24) is 5.32 Å². The third-order valence-electron chi connectivity index (χ3n) is 3.08. The molecule has 5 nitrogen and oxygen atoms in total. The van der Waals surface area contributed by atoms with Crippen LogP contribution in [0.2, 0.25) is 0 Å². The van der Waals surface area contributed by atoms with Gasteiger partial charge in [-0.05, 0) is 18.8 Å². The number of rotatable bonds is 5. The lowest BCUT2D eigenvalue weighted by molar-refractivity contribution is -0.0112. The average molecular weight is 250 g/mol. The molecule has 0 spiro atoms. The predicted molar refractivity (Wildman–Crippen MR) is 63.4 cm³/mol. The summed E-state index contributed by atoms with van der Waals surface area (Å²) in [6.45, 7) is 2.89. The van der Waals surface area contributed by atoms with Crippen molar-refractivity contribution in [3.8, 4) is 0 Å². The molecule has 1 aliphatic carbocycles. The minimum Gasteiger partial charge on any atom is -0.389 e. The molecule has 1 aliphatic rings. The van der Waals surface area contributed by atoms with Gasteiger partial charge in [0.25, 0.3) is 0 Å². The van der Waals surface area contributed by atoms with E-state index in [1.807, 2.05) is 0 Å². The van der Waals surface area contributed by atoms with Gasteiger partial charge in [0.2, 0.25) is 10.0 Å². The third-order valence-corrected chi connectivity index (χ3v) is 3.86. The second-order valence-electron chi connectivity index (χ2n) is 4.97. The van der Waals surface area contributed by atoms with Gasteiger partial charge in [-0.25, -0.2) is 13.6 Å². The first-order valence-electron chi connectivity index (χ1n) is 5.74. The predicted octanol–water partition coefficient (Wildman–Crippen LogP) is -0.194. The van der Waals surface area contributed by atoms with Gasteiger partial charge in [-0.2, -0.15) is 0 Å². The summed E-state index contributed by atoms with van der Waals surface area (Å²) in [4.78, 5) is 0. The molecule has 0 amide bonds. The highest BCUT2D eigenvalue weighted by molar-refractivity contribution is 7.89. The van der Waals surface area contributed by atoms with Crippen molar-refractivity contribution in [2.75, 3.05) is 18.8 Å². The fourth-order valence-corrected chi connectivity index (χ4v) is 2.76. The molecule has 0 aromatic heterocycles. The van der Waals surface area contributed by atoms with Gasteiger partial charge in [-0.3, -0.25) is 0 Å². The third kappa shape index (κ3) is 5.25. The highest BCUT2D eigenvalue weighted by atomic mass is 32.2. The average Bonchev–Trinajstić information content (AvgIpc) is 2.11. The molecule has 0 bridgehead atoms. The summed E-state index contributed by atoms with van der Waals surface area (Å²) < 4.78 is 21.4. The van der Waals surface area contributed by atoms with Crippen molar-refractivity contribution in [2.24, 2.45) is 11.1 Å². The largest absolute Gasteiger partial charge is 0.389 e. The van der Waals surface area contributed by atoms with E-state index in [0.717, 1.165) is 19.3 Å². The molecule has 0 radical (unpaired) electrons. The zero-order valence-electron chi connectivity index (χ0n) is 9.78. The standard InChI is InChI=1S/C10H22N2O3S/c1-9-3-2-4-10(13,7-9)8-12-5-6-16(11,14)15/h9,12-13H,2-8H2,1H3,(H2,11,14,15). The van der Waals surface area contributed by atoms with E-state index >= 15 is 0 Å². The Labute approximate surface area is 97.5 Å². The van der Waals surface area contributed by atoms with Crippen LogP contribution in [0.15, 0.2) is 0 Å². The van der Waals surface area contributed by atoms with E-state index in [2.05, 4.69) is 12.2 Å². The second kappa shape index (κ2) is 5.44. The molecule has 0 aromatic carbocycles. The van der Waals surface area contributed by atoms with E-state index in [1.54, 1.807) is 0 Å². The number of hydrogen-bond donors (Lipinski definition) is 3. The lowest BCUT2D eigenvalue weighted by atomic mass is 9.79. The SMILES string of the molecule is CC1CCCC(O)(CNCCS(N)(=O)=O)C1. The van der Waals surface area contributed by atoms with Crippen LogP contribution in [0.4, 0.5) is 0 Å². The Morgan fingerprint density at radius 2 is 2.25 bits per heavy atom. The van der Waals surface area contributed by atoms with Crippen LogP contribution in [0.1, 0.15) is 32.6 Å². The van der Waals surface area contributed by atoms with E-state index in [-0.39, 0.29) is 5.75 Å². The Kier molecular flexibility index (Phi) is 4.73. The topological polar surface area (TPSA) is 92.4 Å². The van der Waals surface area contributed by atoms with Gasteiger partial charge >= 0.3 is 0 Å². The molecular weight excluding hydrogens is 228 g/mol. The number of aliphatic hydroxyl groups is 1. The van der Waals surface area contributed by atoms with Crippen LogP contribution in [-0.4, -0.2) is 38.0 Å². The van der Waals surface area contributed by atoms with Crippen molar-refractivity contribution in [2.45, 2.75) is 38.2 Å². The fraction of sp³-hybridized carbons (Fsp3) is 1.00. The smallest absolute Gasteiger partial charge is 0.210 e. The van der Waals surface area contributed by atoms with Crippen LogP contribution in [0, 0.1) is 5.92 Å². The van der Waals surface area contributed by atoms with Gasteiger partial charge < -0.3 is 10.4 Å². The van der Waals surface area contributed by atoms with Gasteiger partial charge in [0, 0.05) is 13.1 Å². The zero-order valence-corrected chi connectivity index (χ0v) is 10.6. The minimum absolute atomic E-state index is 0.0847. The summed E-state index contributed by atoms with van der Waals surface area (Å²) in [5.74, 6) is 0.456. The van der Waals surface area contributed by atoms with E-state index < -0.39 is 15.6 Å².